The van der Waals surface area contributed by atoms with Crippen LogP contribution in [-0.2, 0) is 4.79 Å². The molecule has 8 nitrogen and oxygen atoms in total. The van der Waals surface area contributed by atoms with Gasteiger partial charge in [0, 0.05) is 46.0 Å². The molecule has 2 heterocycles. The van der Waals surface area contributed by atoms with Crippen molar-refractivity contribution in [3.8, 4) is 5.75 Å². The molecule has 1 aliphatic heterocycles. The van der Waals surface area contributed by atoms with E-state index in [-0.39, 0.29) is 29.1 Å². The van der Waals surface area contributed by atoms with Crippen LogP contribution in [0.1, 0.15) is 47.8 Å². The number of phenols is 1. The van der Waals surface area contributed by atoms with Gasteiger partial charge in [0.2, 0.25) is 0 Å². The van der Waals surface area contributed by atoms with Gasteiger partial charge >= 0.3 is 0 Å². The number of nitrogens with one attached hydrogen (secondary N) is 3. The number of benzene rings is 3. The molecule has 0 saturated carbocycles. The van der Waals surface area contributed by atoms with E-state index in [2.05, 4.69) is 16.0 Å². The number of ketones is 2. The Morgan fingerprint density at radius 3 is 2.32 bits per heavy atom. The molecule has 188 valence electrons. The molecule has 0 atom stereocenters. The summed E-state index contributed by atoms with van der Waals surface area (Å²) in [6, 6.07) is 21.2. The van der Waals surface area contributed by atoms with E-state index < -0.39 is 0 Å². The lowest BCUT2D eigenvalue weighted by Gasteiger charge is -2.07. The lowest BCUT2D eigenvalue weighted by Crippen LogP contribution is -2.10. The molecule has 5 rings (SSSR count). The van der Waals surface area contributed by atoms with Crippen molar-refractivity contribution in [2.24, 2.45) is 0 Å². The van der Waals surface area contributed by atoms with Gasteiger partial charge in [-0.2, -0.15) is 0 Å². The predicted molar refractivity (Wildman–Crippen MR) is 147 cm³/mol. The van der Waals surface area contributed by atoms with Crippen LogP contribution in [0.15, 0.2) is 85.1 Å². The number of fused-ring (bicyclic) bond motifs is 1. The van der Waals surface area contributed by atoms with Crippen LogP contribution >= 0.6 is 11.3 Å². The average molecular weight is 524 g/mol. The molecule has 2 amide bonds. The minimum absolute atomic E-state index is 0.0970. The molecular weight excluding hydrogens is 502 g/mol. The highest BCUT2D eigenvalue weighted by molar-refractivity contribution is 7.16. The van der Waals surface area contributed by atoms with Gasteiger partial charge in [-0.05, 0) is 61.5 Å². The first kappa shape index (κ1) is 24.7. The molecule has 38 heavy (non-hydrogen) atoms. The standard InChI is InChI=1S/C29H21N3O5S/c1-16(33)25-11-12-26(38-25)29(37)31-19-8-5-17(6-9-19)27(35)18-7-10-22-23(28(36)32-24(22)13-18)15-30-20-3-2-4-21(34)14-20/h2-15,30,34H,1H3,(H,31,37)(H,32,36)/b23-15+. The van der Waals surface area contributed by atoms with E-state index in [1.54, 1.807) is 79.0 Å². The van der Waals surface area contributed by atoms with Crippen LogP contribution in [-0.4, -0.2) is 28.5 Å². The summed E-state index contributed by atoms with van der Waals surface area (Å²) in [5.74, 6) is -0.870. The van der Waals surface area contributed by atoms with Crippen molar-refractivity contribution >= 4 is 57.4 Å². The number of hydrogen-bond donors (Lipinski definition) is 4. The van der Waals surface area contributed by atoms with Crippen molar-refractivity contribution in [3.63, 3.8) is 0 Å². The van der Waals surface area contributed by atoms with Crippen molar-refractivity contribution in [2.45, 2.75) is 6.92 Å². The zero-order valence-corrected chi connectivity index (χ0v) is 20.9. The van der Waals surface area contributed by atoms with Gasteiger partial charge in [-0.15, -0.1) is 11.3 Å². The third-order valence-corrected chi connectivity index (χ3v) is 7.06. The molecule has 4 aromatic rings. The normalized spacial score (nSPS) is 13.1. The molecule has 9 heteroatoms. The van der Waals surface area contributed by atoms with Crippen molar-refractivity contribution in [1.82, 2.24) is 0 Å². The van der Waals surface area contributed by atoms with Gasteiger partial charge in [-0.1, -0.05) is 18.2 Å². The van der Waals surface area contributed by atoms with Crippen LogP contribution in [0.5, 0.6) is 5.75 Å². The number of anilines is 3. The Balaban J connectivity index is 1.28. The van der Waals surface area contributed by atoms with Crippen molar-refractivity contribution in [2.75, 3.05) is 16.0 Å². The molecule has 4 N–H and O–H groups in total. The molecule has 3 aromatic carbocycles. The minimum Gasteiger partial charge on any atom is -0.508 e. The number of amides is 2. The van der Waals surface area contributed by atoms with E-state index in [9.17, 15) is 24.3 Å². The van der Waals surface area contributed by atoms with Gasteiger partial charge in [0.25, 0.3) is 11.8 Å². The smallest absolute Gasteiger partial charge is 0.265 e. The molecule has 0 spiro atoms. The quantitative estimate of drug-likeness (QED) is 0.186. The summed E-state index contributed by atoms with van der Waals surface area (Å²) in [6.07, 6.45) is 1.56. The molecule has 1 aromatic heterocycles. The summed E-state index contributed by atoms with van der Waals surface area (Å²) in [5, 5.41) is 18.2. The highest BCUT2D eigenvalue weighted by Crippen LogP contribution is 2.33. The number of rotatable bonds is 7. The summed E-state index contributed by atoms with van der Waals surface area (Å²) >= 11 is 1.12. The second-order valence-electron chi connectivity index (χ2n) is 8.55. The first-order valence-corrected chi connectivity index (χ1v) is 12.4. The van der Waals surface area contributed by atoms with Gasteiger partial charge in [0.05, 0.1) is 15.3 Å². The van der Waals surface area contributed by atoms with Gasteiger partial charge < -0.3 is 21.1 Å². The molecular formula is C29H21N3O5S. The van der Waals surface area contributed by atoms with Crippen molar-refractivity contribution in [1.29, 1.82) is 0 Å². The van der Waals surface area contributed by atoms with E-state index in [0.717, 1.165) is 11.3 Å². The van der Waals surface area contributed by atoms with Gasteiger partial charge in [0.1, 0.15) is 5.75 Å². The summed E-state index contributed by atoms with van der Waals surface area (Å²) < 4.78 is 0. The maximum atomic E-state index is 13.1. The molecule has 0 unspecified atom stereocenters. The third kappa shape index (κ3) is 5.09. The van der Waals surface area contributed by atoms with Gasteiger partial charge in [0.15, 0.2) is 11.6 Å². The molecule has 0 saturated heterocycles. The SMILES string of the molecule is CC(=O)c1ccc(C(=O)Nc2ccc(C(=O)c3ccc4c(c3)NC(=O)/C4=C/Nc3cccc(O)c3)cc2)s1. The number of carbonyl (C=O) groups excluding carboxylic acids is 4. The Labute approximate surface area is 221 Å². The summed E-state index contributed by atoms with van der Waals surface area (Å²) in [4.78, 5) is 50.5. The van der Waals surface area contributed by atoms with Crippen LogP contribution in [0.25, 0.3) is 5.57 Å². The second-order valence-corrected chi connectivity index (χ2v) is 9.63. The van der Waals surface area contributed by atoms with Crippen LogP contribution in [0.3, 0.4) is 0 Å². The first-order valence-electron chi connectivity index (χ1n) is 11.6. The highest BCUT2D eigenvalue weighted by Gasteiger charge is 2.25. The minimum atomic E-state index is -0.335. The molecule has 0 fully saturated rings. The largest absolute Gasteiger partial charge is 0.508 e. The van der Waals surface area contributed by atoms with Gasteiger partial charge in [-0.25, -0.2) is 0 Å². The average Bonchev–Trinajstić information content (AvgIpc) is 3.52. The molecule has 0 bridgehead atoms. The van der Waals surface area contributed by atoms with E-state index in [0.29, 0.717) is 49.1 Å². The third-order valence-electron chi connectivity index (χ3n) is 5.88. The van der Waals surface area contributed by atoms with E-state index in [1.807, 2.05) is 0 Å². The van der Waals surface area contributed by atoms with E-state index in [1.165, 1.54) is 13.0 Å². The maximum absolute atomic E-state index is 13.1. The maximum Gasteiger partial charge on any atom is 0.265 e. The van der Waals surface area contributed by atoms with Gasteiger partial charge in [-0.3, -0.25) is 19.2 Å². The zero-order valence-electron chi connectivity index (χ0n) is 20.1. The molecule has 0 radical (unpaired) electrons. The van der Waals surface area contributed by atoms with Crippen LogP contribution in [0.2, 0.25) is 0 Å². The highest BCUT2D eigenvalue weighted by atomic mass is 32.1. The van der Waals surface area contributed by atoms with Crippen LogP contribution in [0.4, 0.5) is 17.1 Å². The fraction of sp³-hybridized carbons (Fsp3) is 0.0345. The molecule has 1 aliphatic rings. The predicted octanol–water partition coefficient (Wildman–Crippen LogP) is 5.54. The lowest BCUT2D eigenvalue weighted by molar-refractivity contribution is -0.110. The Morgan fingerprint density at radius 1 is 0.868 bits per heavy atom. The summed E-state index contributed by atoms with van der Waals surface area (Å²) in [7, 11) is 0. The Hall–Kier alpha value is -5.02. The van der Waals surface area contributed by atoms with Crippen LogP contribution < -0.4 is 16.0 Å². The Morgan fingerprint density at radius 2 is 1.61 bits per heavy atom. The molecule has 0 aliphatic carbocycles. The zero-order chi connectivity index (χ0) is 26.8. The topological polar surface area (TPSA) is 125 Å². The first-order chi connectivity index (χ1) is 18.3. The number of aromatic hydroxyl groups is 1. The number of Topliss-reactive ketones (excluding diaryl/α,β-unsaturated/α-hetero) is 1. The van der Waals surface area contributed by atoms with E-state index in [4.69, 9.17) is 0 Å². The number of hydrogen-bond acceptors (Lipinski definition) is 7. The van der Waals surface area contributed by atoms with E-state index >= 15 is 0 Å². The number of thiophene rings is 1. The lowest BCUT2D eigenvalue weighted by atomic mass is 9.99. The fourth-order valence-electron chi connectivity index (χ4n) is 3.94. The summed E-state index contributed by atoms with van der Waals surface area (Å²) in [6.45, 7) is 1.45. The number of phenolic OH excluding ortho intramolecular Hbond substituents is 1. The van der Waals surface area contributed by atoms with Crippen LogP contribution in [0, 0.1) is 0 Å². The Kier molecular flexibility index (Phi) is 6.59. The summed E-state index contributed by atoms with van der Waals surface area (Å²) in [5.41, 5.74) is 3.54. The fourth-order valence-corrected chi connectivity index (χ4v) is 4.74. The van der Waals surface area contributed by atoms with Crippen molar-refractivity contribution < 1.29 is 24.3 Å². The second kappa shape index (κ2) is 10.2. The monoisotopic (exact) mass is 523 g/mol. The number of carbonyl (C=O) groups is 4. The van der Waals surface area contributed by atoms with Crippen molar-refractivity contribution in [3.05, 3.63) is 112 Å². The Bertz CT molecular complexity index is 1640.